The second kappa shape index (κ2) is 5.42. The molecule has 0 aliphatic carbocycles. The van der Waals surface area contributed by atoms with Gasteiger partial charge in [0.15, 0.2) is 5.75 Å². The van der Waals surface area contributed by atoms with E-state index in [0.29, 0.717) is 11.8 Å². The van der Waals surface area contributed by atoms with Crippen molar-refractivity contribution in [2.75, 3.05) is 18.9 Å². The van der Waals surface area contributed by atoms with Gasteiger partial charge < -0.3 is 10.5 Å². The smallest absolute Gasteiger partial charge is 0.157 e. The summed E-state index contributed by atoms with van der Waals surface area (Å²) < 4.78 is 7.49. The Morgan fingerprint density at radius 2 is 2.60 bits per heavy atom. The molecule has 0 saturated carbocycles. The Hall–Kier alpha value is -0.680. The quantitative estimate of drug-likeness (QED) is 0.819. The Morgan fingerprint density at radius 3 is 3.33 bits per heavy atom. The SMILES string of the molecule is NCCn1cc(OCC2CCCS2)cn1. The maximum Gasteiger partial charge on any atom is 0.157 e. The molecule has 1 unspecified atom stereocenters. The molecule has 5 heteroatoms. The van der Waals surface area contributed by atoms with Crippen molar-refractivity contribution in [1.29, 1.82) is 0 Å². The molecular formula is C10H17N3OS. The van der Waals surface area contributed by atoms with Gasteiger partial charge in [-0.1, -0.05) is 0 Å². The molecule has 2 heterocycles. The van der Waals surface area contributed by atoms with E-state index in [0.717, 1.165) is 18.9 Å². The average Bonchev–Trinajstić information content (AvgIpc) is 2.85. The molecule has 15 heavy (non-hydrogen) atoms. The van der Waals surface area contributed by atoms with Crippen molar-refractivity contribution in [3.63, 3.8) is 0 Å². The molecule has 1 aliphatic heterocycles. The van der Waals surface area contributed by atoms with Crippen LogP contribution in [0, 0.1) is 0 Å². The Kier molecular flexibility index (Phi) is 3.91. The largest absolute Gasteiger partial charge is 0.489 e. The van der Waals surface area contributed by atoms with Crippen molar-refractivity contribution in [3.05, 3.63) is 12.4 Å². The highest BCUT2D eigenvalue weighted by atomic mass is 32.2. The van der Waals surface area contributed by atoms with E-state index in [1.165, 1.54) is 18.6 Å². The molecule has 0 radical (unpaired) electrons. The maximum atomic E-state index is 5.67. The Morgan fingerprint density at radius 1 is 1.67 bits per heavy atom. The van der Waals surface area contributed by atoms with Crippen LogP contribution in [0.1, 0.15) is 12.8 Å². The average molecular weight is 227 g/mol. The first-order chi connectivity index (χ1) is 7.38. The summed E-state index contributed by atoms with van der Waals surface area (Å²) in [6.07, 6.45) is 6.27. The van der Waals surface area contributed by atoms with Crippen LogP contribution in [0.4, 0.5) is 0 Å². The highest BCUT2D eigenvalue weighted by Gasteiger charge is 2.16. The fraction of sp³-hybridized carbons (Fsp3) is 0.700. The lowest BCUT2D eigenvalue weighted by Crippen LogP contribution is -2.11. The van der Waals surface area contributed by atoms with Crippen LogP contribution in [0.25, 0.3) is 0 Å². The molecule has 0 spiro atoms. The van der Waals surface area contributed by atoms with Gasteiger partial charge in [0, 0.05) is 11.8 Å². The number of nitrogens with two attached hydrogens (primary N) is 1. The molecule has 2 rings (SSSR count). The van der Waals surface area contributed by atoms with Gasteiger partial charge in [-0.15, -0.1) is 0 Å². The predicted molar refractivity (Wildman–Crippen MR) is 62.3 cm³/mol. The summed E-state index contributed by atoms with van der Waals surface area (Å²) in [7, 11) is 0. The number of aromatic nitrogens is 2. The summed E-state index contributed by atoms with van der Waals surface area (Å²) in [5.74, 6) is 2.14. The zero-order valence-electron chi connectivity index (χ0n) is 8.76. The molecule has 0 bridgehead atoms. The molecule has 1 saturated heterocycles. The Balaban J connectivity index is 1.77. The van der Waals surface area contributed by atoms with E-state index in [1.807, 2.05) is 22.6 Å². The molecule has 0 aromatic carbocycles. The summed E-state index contributed by atoms with van der Waals surface area (Å²) in [6.45, 7) is 2.17. The lowest BCUT2D eigenvalue weighted by molar-refractivity contribution is 0.314. The second-order valence-corrected chi connectivity index (χ2v) is 5.08. The van der Waals surface area contributed by atoms with Crippen LogP contribution in [-0.2, 0) is 6.54 Å². The van der Waals surface area contributed by atoms with Crippen LogP contribution in [0.2, 0.25) is 0 Å². The van der Waals surface area contributed by atoms with Crippen molar-refractivity contribution in [2.24, 2.45) is 5.73 Å². The third-order valence-electron chi connectivity index (χ3n) is 2.43. The van der Waals surface area contributed by atoms with E-state index < -0.39 is 0 Å². The summed E-state index contributed by atoms with van der Waals surface area (Å²) in [5.41, 5.74) is 5.44. The number of thioether (sulfide) groups is 1. The van der Waals surface area contributed by atoms with Gasteiger partial charge in [0.05, 0.1) is 18.9 Å². The molecule has 1 fully saturated rings. The fourth-order valence-electron chi connectivity index (χ4n) is 1.64. The van der Waals surface area contributed by atoms with E-state index >= 15 is 0 Å². The number of rotatable bonds is 5. The van der Waals surface area contributed by atoms with Gasteiger partial charge in [0.1, 0.15) is 6.61 Å². The van der Waals surface area contributed by atoms with Gasteiger partial charge in [-0.3, -0.25) is 4.68 Å². The first-order valence-electron chi connectivity index (χ1n) is 5.35. The van der Waals surface area contributed by atoms with E-state index in [9.17, 15) is 0 Å². The van der Waals surface area contributed by atoms with Gasteiger partial charge in [-0.05, 0) is 18.6 Å². The number of nitrogens with zero attached hydrogens (tertiary/aromatic N) is 2. The number of hydrogen-bond donors (Lipinski definition) is 1. The van der Waals surface area contributed by atoms with Crippen molar-refractivity contribution in [2.45, 2.75) is 24.6 Å². The molecule has 84 valence electrons. The van der Waals surface area contributed by atoms with Gasteiger partial charge in [0.2, 0.25) is 0 Å². The lowest BCUT2D eigenvalue weighted by Gasteiger charge is -2.08. The number of hydrogen-bond acceptors (Lipinski definition) is 4. The highest BCUT2D eigenvalue weighted by Crippen LogP contribution is 2.26. The first-order valence-corrected chi connectivity index (χ1v) is 6.40. The third kappa shape index (κ3) is 3.14. The van der Waals surface area contributed by atoms with E-state index in [1.54, 1.807) is 6.20 Å². The molecule has 2 N–H and O–H groups in total. The summed E-state index contributed by atoms with van der Waals surface area (Å²) in [6, 6.07) is 0. The predicted octanol–water partition coefficient (Wildman–Crippen LogP) is 1.12. The lowest BCUT2D eigenvalue weighted by atomic mass is 10.3. The monoisotopic (exact) mass is 227 g/mol. The minimum absolute atomic E-state index is 0.611. The molecular weight excluding hydrogens is 210 g/mol. The van der Waals surface area contributed by atoms with E-state index in [4.69, 9.17) is 10.5 Å². The highest BCUT2D eigenvalue weighted by molar-refractivity contribution is 8.00. The Labute approximate surface area is 94.2 Å². The van der Waals surface area contributed by atoms with Crippen LogP contribution in [0.15, 0.2) is 12.4 Å². The van der Waals surface area contributed by atoms with Crippen LogP contribution in [0.5, 0.6) is 5.75 Å². The van der Waals surface area contributed by atoms with E-state index in [2.05, 4.69) is 5.10 Å². The third-order valence-corrected chi connectivity index (χ3v) is 3.80. The molecule has 0 amide bonds. The first kappa shape index (κ1) is 10.8. The van der Waals surface area contributed by atoms with Crippen molar-refractivity contribution in [1.82, 2.24) is 9.78 Å². The minimum atomic E-state index is 0.611. The van der Waals surface area contributed by atoms with Crippen LogP contribution >= 0.6 is 11.8 Å². The van der Waals surface area contributed by atoms with Crippen molar-refractivity contribution >= 4 is 11.8 Å². The summed E-state index contributed by atoms with van der Waals surface area (Å²) in [4.78, 5) is 0. The zero-order valence-corrected chi connectivity index (χ0v) is 9.58. The maximum absolute atomic E-state index is 5.67. The van der Waals surface area contributed by atoms with Crippen molar-refractivity contribution in [3.8, 4) is 5.75 Å². The van der Waals surface area contributed by atoms with Crippen molar-refractivity contribution < 1.29 is 4.74 Å². The minimum Gasteiger partial charge on any atom is -0.489 e. The summed E-state index contributed by atoms with van der Waals surface area (Å²) in [5, 5.41) is 4.83. The summed E-state index contributed by atoms with van der Waals surface area (Å²) >= 11 is 2.01. The second-order valence-electron chi connectivity index (χ2n) is 3.67. The zero-order chi connectivity index (χ0) is 10.5. The van der Waals surface area contributed by atoms with Gasteiger partial charge >= 0.3 is 0 Å². The molecule has 1 aromatic heterocycles. The molecule has 1 aliphatic rings. The van der Waals surface area contributed by atoms with E-state index in [-0.39, 0.29) is 0 Å². The van der Waals surface area contributed by atoms with Crippen LogP contribution < -0.4 is 10.5 Å². The number of ether oxygens (including phenoxy) is 1. The van der Waals surface area contributed by atoms with Gasteiger partial charge in [0.25, 0.3) is 0 Å². The van der Waals surface area contributed by atoms with Gasteiger partial charge in [-0.2, -0.15) is 16.9 Å². The van der Waals surface area contributed by atoms with Gasteiger partial charge in [-0.25, -0.2) is 0 Å². The van der Waals surface area contributed by atoms with Crippen LogP contribution in [-0.4, -0.2) is 33.9 Å². The Bertz CT molecular complexity index is 297. The normalized spacial score (nSPS) is 20.7. The molecule has 1 atom stereocenters. The standard InChI is InChI=1S/C10H17N3OS/c11-3-4-13-7-9(6-12-13)14-8-10-2-1-5-15-10/h6-7,10H,1-5,8,11H2. The van der Waals surface area contributed by atoms with Crippen LogP contribution in [0.3, 0.4) is 0 Å². The topological polar surface area (TPSA) is 53.1 Å². The molecule has 4 nitrogen and oxygen atoms in total. The fourth-order valence-corrected chi connectivity index (χ4v) is 2.80. The molecule has 1 aromatic rings.